The molecule has 0 aromatic carbocycles. The van der Waals surface area contributed by atoms with Gasteiger partial charge in [0.1, 0.15) is 16.5 Å². The van der Waals surface area contributed by atoms with Crippen molar-refractivity contribution in [3.63, 3.8) is 0 Å². The number of nitrogens with one attached hydrogen (secondary N) is 2. The Labute approximate surface area is 121 Å². The summed E-state index contributed by atoms with van der Waals surface area (Å²) < 4.78 is 0. The van der Waals surface area contributed by atoms with Gasteiger partial charge < -0.3 is 10.6 Å². The number of fused-ring (bicyclic) bond motifs is 3. The van der Waals surface area contributed by atoms with Gasteiger partial charge >= 0.3 is 0 Å². The molecule has 1 amide bonds. The molecule has 0 aliphatic heterocycles. The summed E-state index contributed by atoms with van der Waals surface area (Å²) in [7, 11) is 0. The Kier molecular flexibility index (Phi) is 3.56. The highest BCUT2D eigenvalue weighted by Gasteiger charge is 2.21. The molecule has 1 aliphatic carbocycles. The summed E-state index contributed by atoms with van der Waals surface area (Å²) in [5.41, 5.74) is 1.42. The van der Waals surface area contributed by atoms with Crippen molar-refractivity contribution in [2.45, 2.75) is 33.1 Å². The van der Waals surface area contributed by atoms with Crippen LogP contribution in [0.5, 0.6) is 0 Å². The monoisotopic (exact) mass is 290 g/mol. The molecule has 2 N–H and O–H groups in total. The van der Waals surface area contributed by atoms with Gasteiger partial charge in [0.2, 0.25) is 5.91 Å². The Morgan fingerprint density at radius 2 is 2.15 bits per heavy atom. The van der Waals surface area contributed by atoms with Gasteiger partial charge in [-0.25, -0.2) is 9.97 Å². The van der Waals surface area contributed by atoms with Crippen molar-refractivity contribution in [3.8, 4) is 0 Å². The third-order valence-corrected chi connectivity index (χ3v) is 4.65. The molecule has 20 heavy (non-hydrogen) atoms. The minimum atomic E-state index is -0.00719. The van der Waals surface area contributed by atoms with E-state index in [1.807, 2.05) is 6.92 Å². The first kappa shape index (κ1) is 13.3. The lowest BCUT2D eigenvalue weighted by atomic mass is 10.2. The molecule has 0 bridgehead atoms. The third kappa shape index (κ3) is 2.47. The van der Waals surface area contributed by atoms with Gasteiger partial charge in [0.05, 0.1) is 5.39 Å². The number of rotatable bonds is 4. The standard InChI is InChI=1S/C14H18N4OS/c1-8-17-13(16-7-6-15-9(2)19)12-10-4-3-5-11(10)20-14(12)18-8/h3-7H2,1-2H3,(H,15,19)(H,16,17,18). The van der Waals surface area contributed by atoms with Crippen LogP contribution in [0, 0.1) is 6.92 Å². The Morgan fingerprint density at radius 3 is 2.95 bits per heavy atom. The summed E-state index contributed by atoms with van der Waals surface area (Å²) in [6, 6.07) is 0. The molecule has 0 fully saturated rings. The maximum atomic E-state index is 10.9. The van der Waals surface area contributed by atoms with Gasteiger partial charge in [-0.1, -0.05) is 0 Å². The van der Waals surface area contributed by atoms with E-state index in [9.17, 15) is 4.79 Å². The Balaban J connectivity index is 1.87. The minimum absolute atomic E-state index is 0.00719. The van der Waals surface area contributed by atoms with E-state index in [0.29, 0.717) is 13.1 Å². The minimum Gasteiger partial charge on any atom is -0.368 e. The second-order valence-electron chi connectivity index (χ2n) is 5.07. The molecule has 6 heteroatoms. The molecule has 106 valence electrons. The zero-order chi connectivity index (χ0) is 14.1. The summed E-state index contributed by atoms with van der Waals surface area (Å²) >= 11 is 1.80. The zero-order valence-electron chi connectivity index (χ0n) is 11.7. The highest BCUT2D eigenvalue weighted by Crippen LogP contribution is 2.39. The normalized spacial score (nSPS) is 13.5. The molecule has 0 spiro atoms. The summed E-state index contributed by atoms with van der Waals surface area (Å²) in [5, 5.41) is 7.31. The second-order valence-corrected chi connectivity index (χ2v) is 6.15. The lowest BCUT2D eigenvalue weighted by Gasteiger charge is -2.09. The van der Waals surface area contributed by atoms with Crippen molar-refractivity contribution < 1.29 is 4.79 Å². The largest absolute Gasteiger partial charge is 0.368 e. The van der Waals surface area contributed by atoms with Crippen LogP contribution in [0.1, 0.15) is 29.6 Å². The van der Waals surface area contributed by atoms with E-state index < -0.39 is 0 Å². The Morgan fingerprint density at radius 1 is 1.30 bits per heavy atom. The molecule has 0 radical (unpaired) electrons. The maximum Gasteiger partial charge on any atom is 0.216 e. The fourth-order valence-electron chi connectivity index (χ4n) is 2.65. The lowest BCUT2D eigenvalue weighted by Crippen LogP contribution is -2.26. The van der Waals surface area contributed by atoms with Crippen molar-refractivity contribution in [2.24, 2.45) is 0 Å². The van der Waals surface area contributed by atoms with Crippen molar-refractivity contribution in [1.82, 2.24) is 15.3 Å². The number of aromatic nitrogens is 2. The lowest BCUT2D eigenvalue weighted by molar-refractivity contribution is -0.118. The summed E-state index contributed by atoms with van der Waals surface area (Å²) in [6.07, 6.45) is 3.53. The zero-order valence-corrected chi connectivity index (χ0v) is 12.6. The smallest absolute Gasteiger partial charge is 0.216 e. The van der Waals surface area contributed by atoms with Crippen LogP contribution in [0.3, 0.4) is 0 Å². The fourth-order valence-corrected chi connectivity index (χ4v) is 3.96. The third-order valence-electron chi connectivity index (χ3n) is 3.47. The number of hydrogen-bond acceptors (Lipinski definition) is 5. The van der Waals surface area contributed by atoms with E-state index in [0.717, 1.165) is 22.9 Å². The van der Waals surface area contributed by atoms with E-state index >= 15 is 0 Å². The Bertz CT molecular complexity index is 665. The molecule has 2 aromatic heterocycles. The molecular formula is C14H18N4OS. The maximum absolute atomic E-state index is 10.9. The first-order valence-corrected chi connectivity index (χ1v) is 7.74. The molecular weight excluding hydrogens is 272 g/mol. The topological polar surface area (TPSA) is 66.9 Å². The predicted octanol–water partition coefficient (Wildman–Crippen LogP) is 2.04. The van der Waals surface area contributed by atoms with Crippen molar-refractivity contribution in [1.29, 1.82) is 0 Å². The highest BCUT2D eigenvalue weighted by atomic mass is 32.1. The van der Waals surface area contributed by atoms with Crippen molar-refractivity contribution >= 4 is 33.3 Å². The van der Waals surface area contributed by atoms with E-state index in [2.05, 4.69) is 20.6 Å². The van der Waals surface area contributed by atoms with Crippen LogP contribution in [0.15, 0.2) is 0 Å². The van der Waals surface area contributed by atoms with E-state index in [4.69, 9.17) is 0 Å². The molecule has 0 saturated heterocycles. The molecule has 0 saturated carbocycles. The van der Waals surface area contributed by atoms with Crippen LogP contribution >= 0.6 is 11.3 Å². The van der Waals surface area contributed by atoms with Gasteiger partial charge in [0.15, 0.2) is 0 Å². The van der Waals surface area contributed by atoms with Gasteiger partial charge in [-0.2, -0.15) is 0 Å². The number of nitrogens with zero attached hydrogens (tertiary/aromatic N) is 2. The highest BCUT2D eigenvalue weighted by molar-refractivity contribution is 7.19. The van der Waals surface area contributed by atoms with Gasteiger partial charge in [-0.3, -0.25) is 4.79 Å². The Hall–Kier alpha value is -1.69. The van der Waals surface area contributed by atoms with Crippen LogP contribution in [-0.4, -0.2) is 29.0 Å². The van der Waals surface area contributed by atoms with Crippen molar-refractivity contribution in [3.05, 3.63) is 16.3 Å². The van der Waals surface area contributed by atoms with Gasteiger partial charge in [0, 0.05) is 24.9 Å². The second kappa shape index (κ2) is 5.36. The first-order valence-electron chi connectivity index (χ1n) is 6.92. The van der Waals surface area contributed by atoms with Crippen LogP contribution < -0.4 is 10.6 Å². The predicted molar refractivity (Wildman–Crippen MR) is 81.4 cm³/mol. The number of carbonyl (C=O) groups is 1. The van der Waals surface area contributed by atoms with E-state index in [1.165, 1.54) is 35.6 Å². The SMILES string of the molecule is CC(=O)NCCNc1nc(C)nc2sc3c(c12)CCC3. The average molecular weight is 290 g/mol. The van der Waals surface area contributed by atoms with Gasteiger partial charge in [0.25, 0.3) is 0 Å². The van der Waals surface area contributed by atoms with Crippen LogP contribution in [-0.2, 0) is 17.6 Å². The number of anilines is 1. The molecule has 2 heterocycles. The molecule has 2 aromatic rings. The number of hydrogen-bond donors (Lipinski definition) is 2. The van der Waals surface area contributed by atoms with Gasteiger partial charge in [-0.05, 0) is 31.7 Å². The first-order chi connectivity index (χ1) is 9.65. The summed E-state index contributed by atoms with van der Waals surface area (Å²) in [5.74, 6) is 1.70. The number of carbonyl (C=O) groups excluding carboxylic acids is 1. The van der Waals surface area contributed by atoms with E-state index in [-0.39, 0.29) is 5.91 Å². The summed E-state index contributed by atoms with van der Waals surface area (Å²) in [6.45, 7) is 4.73. The molecule has 3 rings (SSSR count). The summed E-state index contributed by atoms with van der Waals surface area (Å²) in [4.78, 5) is 22.5. The van der Waals surface area contributed by atoms with E-state index in [1.54, 1.807) is 11.3 Å². The fraction of sp³-hybridized carbons (Fsp3) is 0.500. The van der Waals surface area contributed by atoms with Crippen molar-refractivity contribution in [2.75, 3.05) is 18.4 Å². The quantitative estimate of drug-likeness (QED) is 0.846. The number of amides is 1. The molecule has 0 unspecified atom stereocenters. The molecule has 0 atom stereocenters. The van der Waals surface area contributed by atoms with Crippen LogP contribution in [0.2, 0.25) is 0 Å². The number of aryl methyl sites for hydroxylation is 3. The van der Waals surface area contributed by atoms with Gasteiger partial charge in [-0.15, -0.1) is 11.3 Å². The molecule has 5 nitrogen and oxygen atoms in total. The molecule has 1 aliphatic rings. The number of thiophene rings is 1. The van der Waals surface area contributed by atoms with Crippen LogP contribution in [0.4, 0.5) is 5.82 Å². The average Bonchev–Trinajstić information content (AvgIpc) is 2.93. The van der Waals surface area contributed by atoms with Crippen LogP contribution in [0.25, 0.3) is 10.2 Å².